The molecule has 6 rings (SSSR count). The fourth-order valence-electron chi connectivity index (χ4n) is 5.36. The van der Waals surface area contributed by atoms with Crippen LogP contribution in [0.5, 0.6) is 0 Å². The zero-order chi connectivity index (χ0) is 24.6. The number of imidazole rings is 1. The second-order valence-electron chi connectivity index (χ2n) is 9.95. The largest absolute Gasteiger partial charge is 0.427 e. The molecule has 2 aromatic heterocycles. The van der Waals surface area contributed by atoms with Crippen molar-refractivity contribution in [3.05, 3.63) is 35.1 Å². The van der Waals surface area contributed by atoms with E-state index in [1.165, 1.54) is 25.7 Å². The zero-order valence-electron chi connectivity index (χ0n) is 20.2. The molecule has 2 N–H and O–H groups in total. The number of morpholine rings is 1. The molecule has 11 heteroatoms. The van der Waals surface area contributed by atoms with Gasteiger partial charge in [-0.1, -0.05) is 43.5 Å². The molecule has 1 atom stereocenters. The third-order valence-electron chi connectivity index (χ3n) is 7.36. The number of nitrogens with one attached hydrogen (secondary N) is 2. The first-order valence-electron chi connectivity index (χ1n) is 12.6. The molecule has 1 saturated carbocycles. The molecule has 1 unspecified atom stereocenters. The van der Waals surface area contributed by atoms with Crippen molar-refractivity contribution in [2.75, 3.05) is 31.2 Å². The van der Waals surface area contributed by atoms with Crippen LogP contribution in [-0.4, -0.2) is 51.9 Å². The topological polar surface area (TPSA) is 106 Å². The van der Waals surface area contributed by atoms with Crippen LogP contribution in [0.2, 0.25) is 5.02 Å². The summed E-state index contributed by atoms with van der Waals surface area (Å²) in [4.78, 5) is 33.6. The summed E-state index contributed by atoms with van der Waals surface area (Å²) < 4.78 is 7.92. The van der Waals surface area contributed by atoms with Crippen LogP contribution in [0.25, 0.3) is 22.4 Å². The maximum atomic E-state index is 11.7. The summed E-state index contributed by atoms with van der Waals surface area (Å²) in [5, 5.41) is 3.32. The average Bonchev–Trinajstić information content (AvgIpc) is 3.49. The summed E-state index contributed by atoms with van der Waals surface area (Å²) in [5.74, 6) is 2.62. The molecule has 3 fully saturated rings. The van der Waals surface area contributed by atoms with E-state index in [1.807, 2.05) is 24.3 Å². The smallest absolute Gasteiger partial charge is 0.378 e. The van der Waals surface area contributed by atoms with Gasteiger partial charge in [0.2, 0.25) is 5.95 Å². The second kappa shape index (κ2) is 9.84. The predicted molar refractivity (Wildman–Crippen MR) is 135 cm³/mol. The number of carbonyl (C=O) groups is 1. The minimum Gasteiger partial charge on any atom is -0.378 e. The van der Waals surface area contributed by atoms with Crippen LogP contribution < -0.4 is 15.7 Å². The molecule has 0 radical (unpaired) electrons. The van der Waals surface area contributed by atoms with Crippen LogP contribution in [0, 0.1) is 11.8 Å². The van der Waals surface area contributed by atoms with Gasteiger partial charge in [0.1, 0.15) is 11.2 Å². The monoisotopic (exact) mass is 511 g/mol. The number of amides is 1. The van der Waals surface area contributed by atoms with E-state index in [9.17, 15) is 4.79 Å². The van der Waals surface area contributed by atoms with E-state index < -0.39 is 12.3 Å². The van der Waals surface area contributed by atoms with E-state index in [1.54, 1.807) is 0 Å². The van der Waals surface area contributed by atoms with Gasteiger partial charge in [-0.15, -0.1) is 5.48 Å². The number of halogens is 1. The van der Waals surface area contributed by atoms with E-state index in [0.29, 0.717) is 35.6 Å². The molecule has 0 bridgehead atoms. The molecule has 3 aromatic rings. The number of benzene rings is 1. The minimum absolute atomic E-state index is 0.382. The van der Waals surface area contributed by atoms with Crippen molar-refractivity contribution in [3.63, 3.8) is 0 Å². The molecule has 2 saturated heterocycles. The van der Waals surface area contributed by atoms with Gasteiger partial charge in [0.05, 0.1) is 13.2 Å². The predicted octanol–water partition coefficient (Wildman–Crippen LogP) is 4.05. The minimum atomic E-state index is -0.670. The molecule has 2 aliphatic heterocycles. The maximum absolute atomic E-state index is 11.7. The lowest BCUT2D eigenvalue weighted by molar-refractivity contribution is 0.120. The number of aromatic nitrogens is 4. The van der Waals surface area contributed by atoms with Crippen LogP contribution in [0.4, 0.5) is 10.7 Å². The average molecular weight is 512 g/mol. The summed E-state index contributed by atoms with van der Waals surface area (Å²) in [5.41, 5.74) is 5.73. The molecular formula is C25H30ClN7O3. The first kappa shape index (κ1) is 23.4. The van der Waals surface area contributed by atoms with E-state index in [4.69, 9.17) is 36.1 Å². The highest BCUT2D eigenvalue weighted by molar-refractivity contribution is 6.30. The normalized spacial score (nSPS) is 24.7. The van der Waals surface area contributed by atoms with Gasteiger partial charge < -0.3 is 19.0 Å². The molecule has 0 spiro atoms. The van der Waals surface area contributed by atoms with Crippen LogP contribution in [-0.2, 0) is 16.1 Å². The van der Waals surface area contributed by atoms with Gasteiger partial charge in [0.25, 0.3) is 0 Å². The first-order chi connectivity index (χ1) is 17.5. The van der Waals surface area contributed by atoms with Crippen LogP contribution in [0.15, 0.2) is 24.3 Å². The molecule has 10 nitrogen and oxygen atoms in total. The lowest BCUT2D eigenvalue weighted by atomic mass is 9.83. The Morgan fingerprint density at radius 3 is 2.64 bits per heavy atom. The van der Waals surface area contributed by atoms with Gasteiger partial charge in [-0.3, -0.25) is 5.32 Å². The third-order valence-corrected chi connectivity index (χ3v) is 7.59. The number of fused-ring (bicyclic) bond motifs is 1. The maximum Gasteiger partial charge on any atom is 0.427 e. The van der Waals surface area contributed by atoms with Crippen molar-refractivity contribution in [3.8, 4) is 11.3 Å². The van der Waals surface area contributed by atoms with Crippen molar-refractivity contribution in [2.24, 2.45) is 11.8 Å². The Labute approximate surface area is 214 Å². The molecule has 190 valence electrons. The van der Waals surface area contributed by atoms with Gasteiger partial charge >= 0.3 is 6.09 Å². The lowest BCUT2D eigenvalue weighted by Gasteiger charge is -2.31. The molecule has 4 heterocycles. The SMILES string of the molecule is CC1CCC(Cn2c(N3CCOCC3)nc3nc(C4NOC(=O)N4)nc(-c4cccc(Cl)c4)c32)CC1. The molecule has 36 heavy (non-hydrogen) atoms. The lowest BCUT2D eigenvalue weighted by Crippen LogP contribution is -2.38. The fourth-order valence-corrected chi connectivity index (χ4v) is 5.55. The number of carbonyl (C=O) groups excluding carboxylic acids is 1. The number of ether oxygens (including phenoxy) is 1. The van der Waals surface area contributed by atoms with Gasteiger partial charge in [0, 0.05) is 30.2 Å². The van der Waals surface area contributed by atoms with Gasteiger partial charge in [-0.2, -0.15) is 4.98 Å². The number of hydroxylamine groups is 1. The summed E-state index contributed by atoms with van der Waals surface area (Å²) >= 11 is 6.39. The van der Waals surface area contributed by atoms with Gasteiger partial charge in [0.15, 0.2) is 17.6 Å². The summed E-state index contributed by atoms with van der Waals surface area (Å²) in [6.07, 6.45) is 3.66. The summed E-state index contributed by atoms with van der Waals surface area (Å²) in [6.45, 7) is 6.06. The molecule has 1 amide bonds. The van der Waals surface area contributed by atoms with Crippen molar-refractivity contribution in [1.82, 2.24) is 30.3 Å². The number of hydrogen-bond donors (Lipinski definition) is 2. The van der Waals surface area contributed by atoms with Crippen LogP contribution in [0.3, 0.4) is 0 Å². The van der Waals surface area contributed by atoms with Crippen molar-refractivity contribution in [2.45, 2.75) is 45.3 Å². The van der Waals surface area contributed by atoms with E-state index in [2.05, 4.69) is 27.2 Å². The highest BCUT2D eigenvalue weighted by atomic mass is 35.5. The zero-order valence-corrected chi connectivity index (χ0v) is 21.0. The number of rotatable bonds is 5. The van der Waals surface area contributed by atoms with Gasteiger partial charge in [-0.05, 0) is 36.8 Å². The van der Waals surface area contributed by atoms with E-state index in [-0.39, 0.29) is 0 Å². The molecular weight excluding hydrogens is 482 g/mol. The number of anilines is 1. The molecule has 1 aromatic carbocycles. The van der Waals surface area contributed by atoms with Crippen molar-refractivity contribution < 1.29 is 14.4 Å². The van der Waals surface area contributed by atoms with Crippen molar-refractivity contribution in [1.29, 1.82) is 0 Å². The standard InChI is InChI=1S/C25H30ClN7O3/c1-15-5-7-16(8-6-15)14-33-20-19(17-3-2-4-18(26)13-17)27-22(23-30-25(34)36-31-23)28-21(20)29-24(33)32-9-11-35-12-10-32/h2-4,13,15-16,23,31H,5-12,14H2,1H3,(H,30,34). The first-order valence-corrected chi connectivity index (χ1v) is 13.0. The highest BCUT2D eigenvalue weighted by Gasteiger charge is 2.31. The van der Waals surface area contributed by atoms with Crippen LogP contribution >= 0.6 is 11.6 Å². The Hall–Kier alpha value is -2.95. The van der Waals surface area contributed by atoms with Crippen molar-refractivity contribution >= 4 is 34.8 Å². The Kier molecular flexibility index (Phi) is 6.41. The second-order valence-corrected chi connectivity index (χ2v) is 10.4. The molecule has 3 aliphatic rings. The third kappa shape index (κ3) is 4.60. The van der Waals surface area contributed by atoms with E-state index in [0.717, 1.165) is 48.3 Å². The Morgan fingerprint density at radius 1 is 1.11 bits per heavy atom. The Bertz CT molecular complexity index is 1270. The Balaban J connectivity index is 1.52. The number of hydrogen-bond acceptors (Lipinski definition) is 8. The summed E-state index contributed by atoms with van der Waals surface area (Å²) in [6, 6.07) is 7.65. The fraction of sp³-hybridized carbons (Fsp3) is 0.520. The highest BCUT2D eigenvalue weighted by Crippen LogP contribution is 2.36. The Morgan fingerprint density at radius 2 is 1.92 bits per heavy atom. The number of nitrogens with zero attached hydrogens (tertiary/aromatic N) is 5. The quantitative estimate of drug-likeness (QED) is 0.528. The van der Waals surface area contributed by atoms with E-state index >= 15 is 0 Å². The van der Waals surface area contributed by atoms with Crippen LogP contribution in [0.1, 0.15) is 44.6 Å². The molecule has 1 aliphatic carbocycles. The van der Waals surface area contributed by atoms with Gasteiger partial charge in [-0.25, -0.2) is 14.8 Å². The summed E-state index contributed by atoms with van der Waals surface area (Å²) in [7, 11) is 0.